The molecule has 0 bridgehead atoms. The second-order valence-electron chi connectivity index (χ2n) is 4.44. The molecule has 2 amide bonds. The van der Waals surface area contributed by atoms with E-state index in [1.54, 1.807) is 0 Å². The molecular weight excluding hydrogens is 220 g/mol. The normalized spacial score (nSPS) is 17.9. The van der Waals surface area contributed by atoms with Crippen LogP contribution in [0.15, 0.2) is 0 Å². The quantitative estimate of drug-likeness (QED) is 0.538. The Morgan fingerprint density at radius 2 is 2.00 bits per heavy atom. The molecule has 1 aliphatic rings. The van der Waals surface area contributed by atoms with Crippen molar-refractivity contribution >= 4 is 11.8 Å². The molecule has 0 aromatic carbocycles. The number of amides is 2. The topological polar surface area (TPSA) is 87.5 Å². The molecule has 0 radical (unpaired) electrons. The number of nitrogens with zero attached hydrogens (tertiary/aromatic N) is 1. The summed E-state index contributed by atoms with van der Waals surface area (Å²) >= 11 is 0. The van der Waals surface area contributed by atoms with Gasteiger partial charge in [0.2, 0.25) is 11.8 Å². The number of hydrogen-bond donors (Lipinski definition) is 3. The van der Waals surface area contributed by atoms with E-state index in [2.05, 4.69) is 10.6 Å². The van der Waals surface area contributed by atoms with Gasteiger partial charge in [0, 0.05) is 32.1 Å². The number of likely N-dealkylation sites (tertiary alicyclic amines) is 1. The molecule has 0 unspecified atom stereocenters. The maximum atomic E-state index is 11.5. The third-order valence-corrected chi connectivity index (χ3v) is 2.93. The molecule has 6 nitrogen and oxygen atoms in total. The van der Waals surface area contributed by atoms with E-state index >= 15 is 0 Å². The molecule has 0 saturated carbocycles. The van der Waals surface area contributed by atoms with Crippen molar-refractivity contribution in [3.63, 3.8) is 0 Å². The molecule has 0 aromatic rings. The van der Waals surface area contributed by atoms with E-state index in [9.17, 15) is 9.59 Å². The average Bonchev–Trinajstić information content (AvgIpc) is 2.28. The fourth-order valence-electron chi connectivity index (χ4n) is 1.99. The van der Waals surface area contributed by atoms with Crippen LogP contribution in [0.3, 0.4) is 0 Å². The van der Waals surface area contributed by atoms with Gasteiger partial charge in [0.1, 0.15) is 0 Å². The Hall–Kier alpha value is -1.14. The molecule has 1 saturated heterocycles. The maximum absolute atomic E-state index is 11.5. The van der Waals surface area contributed by atoms with Crippen molar-refractivity contribution < 1.29 is 9.59 Å². The zero-order valence-electron chi connectivity index (χ0n) is 10.4. The third kappa shape index (κ3) is 5.65. The number of carbonyl (C=O) groups excluding carboxylic acids is 2. The van der Waals surface area contributed by atoms with E-state index in [1.165, 1.54) is 0 Å². The lowest BCUT2D eigenvalue weighted by molar-refractivity contribution is -0.123. The molecule has 1 heterocycles. The first-order valence-corrected chi connectivity index (χ1v) is 6.06. The molecule has 1 fully saturated rings. The number of primary amides is 1. The summed E-state index contributed by atoms with van der Waals surface area (Å²) < 4.78 is 0. The Labute approximate surface area is 102 Å². The van der Waals surface area contributed by atoms with Gasteiger partial charge in [-0.15, -0.1) is 0 Å². The lowest BCUT2D eigenvalue weighted by Gasteiger charge is -2.31. The van der Waals surface area contributed by atoms with Gasteiger partial charge in [-0.05, 0) is 19.9 Å². The Kier molecular flexibility index (Phi) is 5.93. The van der Waals surface area contributed by atoms with Gasteiger partial charge in [-0.25, -0.2) is 0 Å². The highest BCUT2D eigenvalue weighted by Crippen LogP contribution is 2.09. The third-order valence-electron chi connectivity index (χ3n) is 2.93. The van der Waals surface area contributed by atoms with E-state index in [-0.39, 0.29) is 17.9 Å². The molecule has 4 N–H and O–H groups in total. The van der Waals surface area contributed by atoms with Gasteiger partial charge >= 0.3 is 0 Å². The van der Waals surface area contributed by atoms with Crippen molar-refractivity contribution in [1.29, 1.82) is 0 Å². The predicted octanol–water partition coefficient (Wildman–Crippen LogP) is -1.34. The van der Waals surface area contributed by atoms with E-state index in [1.807, 2.05) is 11.9 Å². The van der Waals surface area contributed by atoms with Gasteiger partial charge in [-0.3, -0.25) is 14.5 Å². The van der Waals surface area contributed by atoms with Crippen LogP contribution in [0, 0.1) is 0 Å². The van der Waals surface area contributed by atoms with Gasteiger partial charge in [0.25, 0.3) is 0 Å². The lowest BCUT2D eigenvalue weighted by Crippen LogP contribution is -2.47. The number of nitrogens with two attached hydrogens (primary N) is 1. The van der Waals surface area contributed by atoms with Crippen molar-refractivity contribution in [3.05, 3.63) is 0 Å². The van der Waals surface area contributed by atoms with Crippen LogP contribution in [0.25, 0.3) is 0 Å². The summed E-state index contributed by atoms with van der Waals surface area (Å²) in [4.78, 5) is 24.3. The van der Waals surface area contributed by atoms with Crippen LogP contribution in [0.4, 0.5) is 0 Å². The molecular formula is C11H22N4O2. The number of hydrogen-bond acceptors (Lipinski definition) is 4. The van der Waals surface area contributed by atoms with Crippen molar-refractivity contribution in [2.24, 2.45) is 5.73 Å². The van der Waals surface area contributed by atoms with Crippen LogP contribution in [-0.4, -0.2) is 56.0 Å². The van der Waals surface area contributed by atoms with Crippen LogP contribution in [0.5, 0.6) is 0 Å². The van der Waals surface area contributed by atoms with Crippen molar-refractivity contribution in [3.8, 4) is 0 Å². The van der Waals surface area contributed by atoms with E-state index in [0.717, 1.165) is 25.9 Å². The average molecular weight is 242 g/mol. The van der Waals surface area contributed by atoms with Crippen LogP contribution in [0.1, 0.15) is 19.3 Å². The minimum absolute atomic E-state index is 0.0905. The van der Waals surface area contributed by atoms with Gasteiger partial charge in [0.15, 0.2) is 0 Å². The zero-order valence-corrected chi connectivity index (χ0v) is 10.4. The Morgan fingerprint density at radius 3 is 2.53 bits per heavy atom. The fourth-order valence-corrected chi connectivity index (χ4v) is 1.99. The first kappa shape index (κ1) is 13.9. The number of carbonyl (C=O) groups is 2. The number of piperidine rings is 1. The highest BCUT2D eigenvalue weighted by atomic mass is 16.2. The Bertz CT molecular complexity index is 262. The highest BCUT2D eigenvalue weighted by Gasteiger charge is 2.21. The van der Waals surface area contributed by atoms with Gasteiger partial charge in [0.05, 0.1) is 6.54 Å². The molecule has 98 valence electrons. The van der Waals surface area contributed by atoms with Crippen LogP contribution in [-0.2, 0) is 9.59 Å². The van der Waals surface area contributed by atoms with Crippen LogP contribution >= 0.6 is 0 Å². The summed E-state index contributed by atoms with van der Waals surface area (Å²) in [5.74, 6) is -0.200. The summed E-state index contributed by atoms with van der Waals surface area (Å²) in [5.41, 5.74) is 5.14. The molecule has 0 atom stereocenters. The van der Waals surface area contributed by atoms with Gasteiger partial charge < -0.3 is 16.4 Å². The van der Waals surface area contributed by atoms with Crippen molar-refractivity contribution in [2.45, 2.75) is 25.3 Å². The molecule has 0 spiro atoms. The number of rotatable bonds is 6. The largest absolute Gasteiger partial charge is 0.369 e. The second kappa shape index (κ2) is 7.24. The minimum Gasteiger partial charge on any atom is -0.369 e. The lowest BCUT2D eigenvalue weighted by atomic mass is 10.0. The van der Waals surface area contributed by atoms with Gasteiger partial charge in [-0.2, -0.15) is 0 Å². The van der Waals surface area contributed by atoms with Crippen molar-refractivity contribution in [1.82, 2.24) is 15.5 Å². The summed E-state index contributed by atoms with van der Waals surface area (Å²) in [6, 6.07) is 0.239. The summed E-state index contributed by atoms with van der Waals surface area (Å²) in [5, 5.41) is 5.95. The second-order valence-corrected chi connectivity index (χ2v) is 4.44. The fraction of sp³-hybridized carbons (Fsp3) is 0.818. The molecule has 1 rings (SSSR count). The van der Waals surface area contributed by atoms with E-state index in [0.29, 0.717) is 19.5 Å². The van der Waals surface area contributed by atoms with E-state index < -0.39 is 0 Å². The standard InChI is InChI=1S/C11H22N4O2/c1-13-5-2-11(17)14-9-3-6-15(7-4-9)8-10(12)16/h9,13H,2-8H2,1H3,(H2,12,16)(H,14,17). The molecule has 17 heavy (non-hydrogen) atoms. The smallest absolute Gasteiger partial charge is 0.231 e. The summed E-state index contributed by atoms with van der Waals surface area (Å²) in [6.07, 6.45) is 2.29. The highest BCUT2D eigenvalue weighted by molar-refractivity contribution is 5.76. The van der Waals surface area contributed by atoms with Crippen LogP contribution in [0.2, 0.25) is 0 Å². The SMILES string of the molecule is CNCCC(=O)NC1CCN(CC(N)=O)CC1. The van der Waals surface area contributed by atoms with Crippen LogP contribution < -0.4 is 16.4 Å². The Morgan fingerprint density at radius 1 is 1.35 bits per heavy atom. The van der Waals surface area contributed by atoms with E-state index in [4.69, 9.17) is 5.73 Å². The van der Waals surface area contributed by atoms with Gasteiger partial charge in [-0.1, -0.05) is 0 Å². The monoisotopic (exact) mass is 242 g/mol. The maximum Gasteiger partial charge on any atom is 0.231 e. The molecule has 1 aliphatic heterocycles. The molecule has 0 aromatic heterocycles. The Balaban J connectivity index is 2.18. The van der Waals surface area contributed by atoms with Crippen molar-refractivity contribution in [2.75, 3.05) is 33.2 Å². The molecule has 6 heteroatoms. The predicted molar refractivity (Wildman–Crippen MR) is 65.3 cm³/mol. The first-order valence-electron chi connectivity index (χ1n) is 6.06. The summed E-state index contributed by atoms with van der Waals surface area (Å²) in [6.45, 7) is 2.66. The minimum atomic E-state index is -0.290. The number of nitrogens with one attached hydrogen (secondary N) is 2. The molecule has 0 aliphatic carbocycles. The summed E-state index contributed by atoms with van der Waals surface area (Å²) in [7, 11) is 1.83. The zero-order chi connectivity index (χ0) is 12.7. The first-order chi connectivity index (χ1) is 8.11.